The molecule has 0 unspecified atom stereocenters. The summed E-state index contributed by atoms with van der Waals surface area (Å²) >= 11 is 0. The monoisotopic (exact) mass is 531 g/mol. The van der Waals surface area contributed by atoms with Crippen molar-refractivity contribution in [3.8, 4) is 5.75 Å². The van der Waals surface area contributed by atoms with E-state index in [9.17, 15) is 34.4 Å². The van der Waals surface area contributed by atoms with Gasteiger partial charge in [0.2, 0.25) is 0 Å². The van der Waals surface area contributed by atoms with Gasteiger partial charge >= 0.3 is 0 Å². The molecule has 9 nitrogen and oxygen atoms in total. The summed E-state index contributed by atoms with van der Waals surface area (Å²) in [6, 6.07) is 0.172. The van der Waals surface area contributed by atoms with E-state index in [2.05, 4.69) is 6.58 Å². The fourth-order valence-corrected chi connectivity index (χ4v) is 6.80. The van der Waals surface area contributed by atoms with Crippen LogP contribution in [0.2, 0.25) is 0 Å². The van der Waals surface area contributed by atoms with Gasteiger partial charge in [-0.15, -0.1) is 0 Å². The molecule has 0 bridgehead atoms. The second-order valence-electron chi connectivity index (χ2n) is 11.0. The number of alkyl halides is 1. The van der Waals surface area contributed by atoms with Crippen LogP contribution < -0.4 is 5.73 Å². The Bertz CT molecular complexity index is 1340. The minimum absolute atomic E-state index is 0.0223. The molecule has 0 radical (unpaired) electrons. The topological polar surface area (TPSA) is 148 Å². The Morgan fingerprint density at radius 1 is 1.32 bits per heavy atom. The van der Waals surface area contributed by atoms with Crippen LogP contribution in [0.3, 0.4) is 0 Å². The van der Waals surface area contributed by atoms with Gasteiger partial charge in [-0.1, -0.05) is 6.58 Å². The van der Waals surface area contributed by atoms with Crippen LogP contribution in [0.5, 0.6) is 5.75 Å². The van der Waals surface area contributed by atoms with E-state index in [0.29, 0.717) is 13.0 Å². The number of phenols is 1. The van der Waals surface area contributed by atoms with Crippen LogP contribution in [0.1, 0.15) is 29.5 Å². The zero-order valence-corrected chi connectivity index (χ0v) is 21.2. The molecule has 4 aliphatic rings. The number of ketones is 1. The van der Waals surface area contributed by atoms with E-state index >= 15 is 4.39 Å². The van der Waals surface area contributed by atoms with Gasteiger partial charge in [-0.05, 0) is 45.3 Å². The van der Waals surface area contributed by atoms with Crippen molar-refractivity contribution in [2.75, 3.05) is 27.2 Å². The molecule has 1 saturated carbocycles. The molecule has 0 spiro atoms. The first kappa shape index (κ1) is 26.3. The Morgan fingerprint density at radius 2 is 2.00 bits per heavy atom. The highest BCUT2D eigenvalue weighted by molar-refractivity contribution is 6.13. The maximum atomic E-state index is 15.8. The number of aliphatic hydroxyl groups excluding tert-OH is 2. The van der Waals surface area contributed by atoms with Crippen LogP contribution in [0.15, 0.2) is 35.1 Å². The van der Waals surface area contributed by atoms with Gasteiger partial charge in [-0.3, -0.25) is 19.4 Å². The molecule has 0 aromatic heterocycles. The lowest BCUT2D eigenvalue weighted by Crippen LogP contribution is -2.63. The fraction of sp³-hybridized carbons (Fsp3) is 0.481. The second-order valence-corrected chi connectivity index (χ2v) is 11.0. The number of carbonyl (C=O) groups excluding carboxylic acids is 2. The summed E-state index contributed by atoms with van der Waals surface area (Å²) in [6.07, 6.45) is -0.691. The Balaban J connectivity index is 1.62. The first-order valence-electron chi connectivity index (χ1n) is 12.5. The van der Waals surface area contributed by atoms with Gasteiger partial charge in [-0.2, -0.15) is 0 Å². The maximum absolute atomic E-state index is 15.8. The molecule has 1 heterocycles. The van der Waals surface area contributed by atoms with Crippen LogP contribution in [-0.2, 0) is 22.6 Å². The minimum atomic E-state index is -2.38. The Morgan fingerprint density at radius 3 is 2.58 bits per heavy atom. The normalized spacial score (nSPS) is 31.5. The van der Waals surface area contributed by atoms with Gasteiger partial charge in [0.25, 0.3) is 5.91 Å². The van der Waals surface area contributed by atoms with Crippen LogP contribution in [-0.4, -0.2) is 86.9 Å². The summed E-state index contributed by atoms with van der Waals surface area (Å²) in [5.41, 5.74) is 1.97. The lowest BCUT2D eigenvalue weighted by atomic mass is 9.56. The number of rotatable bonds is 4. The molecule has 5 rings (SSSR count). The summed E-state index contributed by atoms with van der Waals surface area (Å²) in [6.45, 7) is 4.40. The third-order valence-electron chi connectivity index (χ3n) is 8.52. The number of halogens is 2. The second kappa shape index (κ2) is 8.89. The summed E-state index contributed by atoms with van der Waals surface area (Å²) in [7, 11) is 3.20. The standard InChI is InChI=1S/C27H31F2N3O6/c1-11-18(26(30)37)24(35)22(31(2)3)16-7-12-6-15-20(23(34)19(12)25(36)27(11,16)38)17(33)8-13(21(15)29)9-32-5-4-14(28)10-32/h8,12,14,16,22,33-35,38H,1,4-7,9-10H2,2-3H3,(H2,30,37)/t12-,14-,16-,22-,27-/m0/s1. The van der Waals surface area contributed by atoms with E-state index in [1.54, 1.807) is 19.0 Å². The van der Waals surface area contributed by atoms with E-state index in [1.165, 1.54) is 4.90 Å². The number of carbonyl (C=O) groups is 2. The Hall–Kier alpha value is -3.28. The van der Waals surface area contributed by atoms with Crippen molar-refractivity contribution in [1.29, 1.82) is 0 Å². The minimum Gasteiger partial charge on any atom is -0.510 e. The summed E-state index contributed by atoms with van der Waals surface area (Å²) < 4.78 is 29.4. The highest BCUT2D eigenvalue weighted by atomic mass is 19.1. The molecule has 1 amide bonds. The molecular weight excluding hydrogens is 500 g/mol. The smallest absolute Gasteiger partial charge is 0.252 e. The highest BCUT2D eigenvalue weighted by Gasteiger charge is 2.62. The number of aromatic hydroxyl groups is 1. The zero-order chi connectivity index (χ0) is 27.8. The van der Waals surface area contributed by atoms with Crippen molar-refractivity contribution >= 4 is 17.4 Å². The SMILES string of the molecule is C=C1C(C(N)=O)=C(O)[C@@H](N(C)C)[C@@H]2C[C@@H]3Cc4c(F)c(CN5CC[C@H](F)C5)cc(O)c4C(O)=C3C(=O)[C@]12O. The van der Waals surface area contributed by atoms with E-state index in [-0.39, 0.29) is 53.8 Å². The Kier molecular flexibility index (Phi) is 6.16. The molecule has 5 atom stereocenters. The van der Waals surface area contributed by atoms with Crippen LogP contribution in [0.4, 0.5) is 8.78 Å². The number of benzene rings is 1. The van der Waals surface area contributed by atoms with E-state index in [4.69, 9.17) is 5.73 Å². The number of nitrogens with two attached hydrogens (primary N) is 1. The average Bonchev–Trinajstić information content (AvgIpc) is 3.23. The molecule has 1 aliphatic heterocycles. The van der Waals surface area contributed by atoms with Crippen LogP contribution in [0, 0.1) is 17.7 Å². The molecule has 1 saturated heterocycles. The predicted molar refractivity (Wildman–Crippen MR) is 133 cm³/mol. The molecule has 38 heavy (non-hydrogen) atoms. The molecule has 2 fully saturated rings. The fourth-order valence-electron chi connectivity index (χ4n) is 6.80. The number of Topliss-reactive ketones (excluding diaryl/α,β-unsaturated/α-hetero) is 1. The van der Waals surface area contributed by atoms with Gasteiger partial charge < -0.3 is 26.2 Å². The number of likely N-dealkylation sites (N-methyl/N-ethyl adjacent to an activating group) is 1. The summed E-state index contributed by atoms with van der Waals surface area (Å²) in [4.78, 5) is 29.3. The van der Waals surface area contributed by atoms with Crippen molar-refractivity contribution in [1.82, 2.24) is 9.80 Å². The van der Waals surface area contributed by atoms with Crippen molar-refractivity contribution in [2.24, 2.45) is 17.6 Å². The Labute approximate surface area is 218 Å². The molecular formula is C27H31F2N3O6. The van der Waals surface area contributed by atoms with Crippen molar-refractivity contribution in [2.45, 2.75) is 43.6 Å². The molecule has 204 valence electrons. The van der Waals surface area contributed by atoms with Gasteiger partial charge in [0.1, 0.15) is 29.3 Å². The number of fused-ring (bicyclic) bond motifs is 3. The highest BCUT2D eigenvalue weighted by Crippen LogP contribution is 2.54. The number of likely N-dealkylation sites (tertiary alicyclic amines) is 1. The van der Waals surface area contributed by atoms with Crippen LogP contribution in [0.25, 0.3) is 5.76 Å². The first-order valence-corrected chi connectivity index (χ1v) is 12.5. The van der Waals surface area contributed by atoms with Gasteiger partial charge in [0.05, 0.1) is 17.2 Å². The number of amides is 1. The van der Waals surface area contributed by atoms with Gasteiger partial charge in [-0.25, -0.2) is 8.78 Å². The van der Waals surface area contributed by atoms with Gasteiger partial charge in [0.15, 0.2) is 11.4 Å². The van der Waals surface area contributed by atoms with Crippen molar-refractivity contribution < 1.29 is 38.8 Å². The third kappa shape index (κ3) is 3.59. The molecule has 3 aliphatic carbocycles. The number of primary amides is 1. The van der Waals surface area contributed by atoms with E-state index < -0.39 is 70.0 Å². The summed E-state index contributed by atoms with van der Waals surface area (Å²) in [5, 5.41) is 44.7. The number of hydrogen-bond acceptors (Lipinski definition) is 8. The average molecular weight is 532 g/mol. The lowest BCUT2D eigenvalue weighted by Gasteiger charge is -2.52. The summed E-state index contributed by atoms with van der Waals surface area (Å²) in [5.74, 6) is -5.95. The van der Waals surface area contributed by atoms with Crippen molar-refractivity contribution in [3.63, 3.8) is 0 Å². The quantitative estimate of drug-likeness (QED) is 0.394. The number of aliphatic hydroxyl groups is 3. The first-order chi connectivity index (χ1) is 17.8. The molecule has 11 heteroatoms. The molecule has 6 N–H and O–H groups in total. The lowest BCUT2D eigenvalue weighted by molar-refractivity contribution is -0.143. The van der Waals surface area contributed by atoms with Crippen molar-refractivity contribution in [3.05, 3.63) is 57.6 Å². The molecule has 1 aromatic carbocycles. The van der Waals surface area contributed by atoms with E-state index in [0.717, 1.165) is 6.07 Å². The number of nitrogens with zero attached hydrogens (tertiary/aromatic N) is 2. The zero-order valence-electron chi connectivity index (χ0n) is 21.2. The number of phenolic OH excluding ortho intramolecular Hbond substituents is 1. The number of hydrogen-bond donors (Lipinski definition) is 5. The predicted octanol–water partition coefficient (Wildman–Crippen LogP) is 1.63. The largest absolute Gasteiger partial charge is 0.510 e. The van der Waals surface area contributed by atoms with E-state index in [1.807, 2.05) is 0 Å². The maximum Gasteiger partial charge on any atom is 0.252 e. The molecule has 1 aromatic rings. The third-order valence-corrected chi connectivity index (χ3v) is 8.52. The van der Waals surface area contributed by atoms with Gasteiger partial charge in [0, 0.05) is 47.8 Å². The van der Waals surface area contributed by atoms with Crippen LogP contribution >= 0.6 is 0 Å².